The first kappa shape index (κ1) is 15.8. The van der Waals surface area contributed by atoms with Gasteiger partial charge in [-0.1, -0.05) is 28.1 Å². The number of hydrogen-bond acceptors (Lipinski definition) is 2. The normalized spacial score (nSPS) is 18.4. The van der Waals surface area contributed by atoms with Crippen LogP contribution < -0.4 is 10.6 Å². The number of urea groups is 1. The van der Waals surface area contributed by atoms with Gasteiger partial charge < -0.3 is 15.7 Å². The van der Waals surface area contributed by atoms with E-state index in [9.17, 15) is 14.7 Å². The van der Waals surface area contributed by atoms with Crippen LogP contribution >= 0.6 is 15.9 Å². The number of nitrogens with one attached hydrogen (secondary N) is 2. The van der Waals surface area contributed by atoms with E-state index in [1.165, 1.54) is 0 Å². The number of benzene rings is 1. The van der Waals surface area contributed by atoms with Gasteiger partial charge in [-0.05, 0) is 50.3 Å². The minimum absolute atomic E-state index is 0.0173. The van der Waals surface area contributed by atoms with Crippen molar-refractivity contribution in [3.63, 3.8) is 0 Å². The van der Waals surface area contributed by atoms with Crippen molar-refractivity contribution in [2.24, 2.45) is 5.92 Å². The van der Waals surface area contributed by atoms with Crippen LogP contribution in [0.15, 0.2) is 28.7 Å². The van der Waals surface area contributed by atoms with Crippen LogP contribution in [0.2, 0.25) is 0 Å². The zero-order chi connectivity index (χ0) is 15.6. The molecule has 0 saturated heterocycles. The van der Waals surface area contributed by atoms with Crippen molar-refractivity contribution >= 4 is 27.9 Å². The quantitative estimate of drug-likeness (QED) is 0.760. The number of carboxylic acids is 1. The highest BCUT2D eigenvalue weighted by Crippen LogP contribution is 2.39. The third-order valence-corrected chi connectivity index (χ3v) is 4.46. The van der Waals surface area contributed by atoms with E-state index in [-0.39, 0.29) is 12.0 Å². The second kappa shape index (κ2) is 6.05. The van der Waals surface area contributed by atoms with Crippen LogP contribution in [0, 0.1) is 5.92 Å². The Labute approximate surface area is 132 Å². The first-order valence-electron chi connectivity index (χ1n) is 6.90. The Morgan fingerprint density at radius 2 is 1.90 bits per heavy atom. The van der Waals surface area contributed by atoms with Gasteiger partial charge in [-0.15, -0.1) is 0 Å². The third kappa shape index (κ3) is 3.75. The van der Waals surface area contributed by atoms with Crippen molar-refractivity contribution < 1.29 is 14.7 Å². The molecule has 1 aliphatic rings. The van der Waals surface area contributed by atoms with Crippen molar-refractivity contribution in [1.82, 2.24) is 10.6 Å². The summed E-state index contributed by atoms with van der Waals surface area (Å²) in [7, 11) is 0. The predicted molar refractivity (Wildman–Crippen MR) is 83.0 cm³/mol. The van der Waals surface area contributed by atoms with Gasteiger partial charge >= 0.3 is 12.0 Å². The smallest absolute Gasteiger partial charge is 0.329 e. The van der Waals surface area contributed by atoms with E-state index in [4.69, 9.17) is 0 Å². The van der Waals surface area contributed by atoms with Crippen molar-refractivity contribution in [1.29, 1.82) is 0 Å². The molecule has 0 heterocycles. The second-order valence-electron chi connectivity index (χ2n) is 5.65. The average molecular weight is 355 g/mol. The molecular weight excluding hydrogens is 336 g/mol. The SMILES string of the molecule is CC(NC(=O)NC(C)(C(=O)O)C1CC1)c1ccc(Br)cc1. The summed E-state index contributed by atoms with van der Waals surface area (Å²) in [6, 6.07) is 6.96. The highest BCUT2D eigenvalue weighted by molar-refractivity contribution is 9.10. The molecule has 1 fully saturated rings. The number of hydrogen-bond donors (Lipinski definition) is 3. The van der Waals surface area contributed by atoms with Crippen LogP contribution in [0.25, 0.3) is 0 Å². The Morgan fingerprint density at radius 3 is 2.38 bits per heavy atom. The molecule has 1 aromatic carbocycles. The van der Waals surface area contributed by atoms with Crippen LogP contribution in [0.3, 0.4) is 0 Å². The molecule has 2 rings (SSSR count). The molecular formula is C15H19BrN2O3. The molecule has 1 aliphatic carbocycles. The fourth-order valence-corrected chi connectivity index (χ4v) is 2.56. The summed E-state index contributed by atoms with van der Waals surface area (Å²) < 4.78 is 0.968. The fourth-order valence-electron chi connectivity index (χ4n) is 2.29. The van der Waals surface area contributed by atoms with Crippen LogP contribution in [0.4, 0.5) is 4.79 Å². The van der Waals surface area contributed by atoms with E-state index in [1.807, 2.05) is 31.2 Å². The Balaban J connectivity index is 1.97. The van der Waals surface area contributed by atoms with Crippen LogP contribution in [-0.2, 0) is 4.79 Å². The number of halogens is 1. The summed E-state index contributed by atoms with van der Waals surface area (Å²) in [5, 5.41) is 14.7. The summed E-state index contributed by atoms with van der Waals surface area (Å²) in [4.78, 5) is 23.4. The lowest BCUT2D eigenvalue weighted by atomic mass is 9.96. The van der Waals surface area contributed by atoms with Gasteiger partial charge in [-0.2, -0.15) is 0 Å². The van der Waals surface area contributed by atoms with E-state index in [0.29, 0.717) is 0 Å². The number of amides is 2. The highest BCUT2D eigenvalue weighted by atomic mass is 79.9. The number of aliphatic carboxylic acids is 1. The Hall–Kier alpha value is -1.56. The summed E-state index contributed by atoms with van der Waals surface area (Å²) in [5.74, 6) is -0.972. The second-order valence-corrected chi connectivity index (χ2v) is 6.57. The largest absolute Gasteiger partial charge is 0.480 e. The number of carboxylic acid groups (broad SMARTS) is 1. The standard InChI is InChI=1S/C15H19BrN2O3/c1-9(10-3-7-12(16)8-4-10)17-14(21)18-15(2,13(19)20)11-5-6-11/h3-4,7-9,11H,5-6H2,1-2H3,(H,19,20)(H2,17,18,21). The maximum atomic E-state index is 12.1. The van der Waals surface area contributed by atoms with Crippen LogP contribution in [0.5, 0.6) is 0 Å². The van der Waals surface area contributed by atoms with E-state index in [1.54, 1.807) is 6.92 Å². The number of carbonyl (C=O) groups is 2. The van der Waals surface area contributed by atoms with Gasteiger partial charge in [0.2, 0.25) is 0 Å². The minimum atomic E-state index is -1.19. The Morgan fingerprint density at radius 1 is 1.33 bits per heavy atom. The van der Waals surface area contributed by atoms with E-state index >= 15 is 0 Å². The molecule has 0 aromatic heterocycles. The van der Waals surface area contributed by atoms with Crippen LogP contribution in [0.1, 0.15) is 38.3 Å². The third-order valence-electron chi connectivity index (χ3n) is 3.93. The molecule has 0 bridgehead atoms. The van der Waals surface area contributed by atoms with E-state index in [2.05, 4.69) is 26.6 Å². The molecule has 0 radical (unpaired) electrons. The zero-order valence-electron chi connectivity index (χ0n) is 12.0. The summed E-state index contributed by atoms with van der Waals surface area (Å²) in [6.45, 7) is 3.43. The first-order valence-corrected chi connectivity index (χ1v) is 7.70. The number of carbonyl (C=O) groups excluding carboxylic acids is 1. The van der Waals surface area contributed by atoms with E-state index in [0.717, 1.165) is 22.9 Å². The van der Waals surface area contributed by atoms with Crippen molar-refractivity contribution in [3.05, 3.63) is 34.3 Å². The molecule has 0 aliphatic heterocycles. The summed E-state index contributed by atoms with van der Waals surface area (Å²) >= 11 is 3.36. The lowest BCUT2D eigenvalue weighted by molar-refractivity contribution is -0.144. The molecule has 0 spiro atoms. The van der Waals surface area contributed by atoms with Gasteiger partial charge in [-0.3, -0.25) is 0 Å². The minimum Gasteiger partial charge on any atom is -0.480 e. The molecule has 3 N–H and O–H groups in total. The van der Waals surface area contributed by atoms with Gasteiger partial charge in [0.1, 0.15) is 5.54 Å². The molecule has 1 saturated carbocycles. The predicted octanol–water partition coefficient (Wildman–Crippen LogP) is 3.06. The van der Waals surface area contributed by atoms with Crippen LogP contribution in [-0.4, -0.2) is 22.6 Å². The average Bonchev–Trinajstić information content (AvgIpc) is 3.23. The van der Waals surface area contributed by atoms with Gasteiger partial charge in [0, 0.05) is 4.47 Å². The van der Waals surface area contributed by atoms with Crippen molar-refractivity contribution in [2.75, 3.05) is 0 Å². The maximum Gasteiger partial charge on any atom is 0.329 e. The van der Waals surface area contributed by atoms with Crippen molar-refractivity contribution in [2.45, 2.75) is 38.3 Å². The van der Waals surface area contributed by atoms with Gasteiger partial charge in [0.25, 0.3) is 0 Å². The lowest BCUT2D eigenvalue weighted by Crippen LogP contribution is -2.56. The fraction of sp³-hybridized carbons (Fsp3) is 0.467. The first-order chi connectivity index (χ1) is 9.83. The Kier molecular flexibility index (Phi) is 4.56. The molecule has 21 heavy (non-hydrogen) atoms. The molecule has 2 amide bonds. The molecule has 114 valence electrons. The highest BCUT2D eigenvalue weighted by Gasteiger charge is 2.48. The Bertz CT molecular complexity index is 542. The molecule has 6 heteroatoms. The zero-order valence-corrected chi connectivity index (χ0v) is 13.6. The summed E-state index contributed by atoms with van der Waals surface area (Å²) in [6.07, 6.45) is 1.68. The number of rotatable bonds is 5. The lowest BCUT2D eigenvalue weighted by Gasteiger charge is -2.27. The van der Waals surface area contributed by atoms with E-state index < -0.39 is 17.5 Å². The van der Waals surface area contributed by atoms with Gasteiger partial charge in [0.15, 0.2) is 0 Å². The van der Waals surface area contributed by atoms with Gasteiger partial charge in [0.05, 0.1) is 6.04 Å². The van der Waals surface area contributed by atoms with Crippen molar-refractivity contribution in [3.8, 4) is 0 Å². The maximum absolute atomic E-state index is 12.1. The molecule has 1 aromatic rings. The van der Waals surface area contributed by atoms with Gasteiger partial charge in [-0.25, -0.2) is 9.59 Å². The molecule has 2 atom stereocenters. The molecule has 5 nitrogen and oxygen atoms in total. The summed E-state index contributed by atoms with van der Waals surface area (Å²) in [5.41, 5.74) is -0.236. The molecule has 2 unspecified atom stereocenters. The topological polar surface area (TPSA) is 78.4 Å². The monoisotopic (exact) mass is 354 g/mol.